The maximum Gasteiger partial charge on any atom is 0.303 e. The standard InChI is InChI=1S/C20H32O3/c1-2-3-13-16-19(21)17-14-11-9-7-5-4-6-8-10-12-15-18-20(22)23/h4-5,8-11,14,17,19,21H,2-3,6-7,12-13,15-16,18H2,1H3,(H,22,23)/b5-4+,10-8-,11-9+,17-14+/t19-/m1/s1. The van der Waals surface area contributed by atoms with Crippen LogP contribution in [0.2, 0.25) is 0 Å². The smallest absolute Gasteiger partial charge is 0.303 e. The van der Waals surface area contributed by atoms with Crippen molar-refractivity contribution in [1.29, 1.82) is 0 Å². The van der Waals surface area contributed by atoms with E-state index < -0.39 is 5.97 Å². The van der Waals surface area contributed by atoms with E-state index in [0.717, 1.165) is 32.1 Å². The molecule has 130 valence electrons. The quantitative estimate of drug-likeness (QED) is 0.263. The van der Waals surface area contributed by atoms with Gasteiger partial charge in [-0.25, -0.2) is 0 Å². The Morgan fingerprint density at radius 2 is 1.65 bits per heavy atom. The molecule has 0 fully saturated rings. The van der Waals surface area contributed by atoms with Crippen LogP contribution < -0.4 is 0 Å². The van der Waals surface area contributed by atoms with E-state index in [2.05, 4.69) is 31.2 Å². The van der Waals surface area contributed by atoms with Crippen molar-refractivity contribution in [2.75, 3.05) is 0 Å². The maximum absolute atomic E-state index is 10.3. The summed E-state index contributed by atoms with van der Waals surface area (Å²) in [6, 6.07) is 0. The van der Waals surface area contributed by atoms with E-state index in [1.165, 1.54) is 12.8 Å². The van der Waals surface area contributed by atoms with Gasteiger partial charge in [0.05, 0.1) is 6.10 Å². The predicted molar refractivity (Wildman–Crippen MR) is 97.4 cm³/mol. The number of carboxylic acid groups (broad SMARTS) is 1. The zero-order chi connectivity index (χ0) is 17.2. The molecule has 0 aliphatic carbocycles. The van der Waals surface area contributed by atoms with Gasteiger partial charge in [-0.3, -0.25) is 4.79 Å². The van der Waals surface area contributed by atoms with Crippen molar-refractivity contribution in [2.45, 2.75) is 70.8 Å². The van der Waals surface area contributed by atoms with Crippen LogP contribution in [0.15, 0.2) is 48.6 Å². The van der Waals surface area contributed by atoms with Gasteiger partial charge in [-0.15, -0.1) is 0 Å². The van der Waals surface area contributed by atoms with E-state index in [4.69, 9.17) is 5.11 Å². The van der Waals surface area contributed by atoms with Crippen LogP contribution in [0.25, 0.3) is 0 Å². The summed E-state index contributed by atoms with van der Waals surface area (Å²) < 4.78 is 0. The van der Waals surface area contributed by atoms with Crippen molar-refractivity contribution >= 4 is 5.97 Å². The Hall–Kier alpha value is -1.61. The average Bonchev–Trinajstić information content (AvgIpc) is 2.51. The zero-order valence-corrected chi connectivity index (χ0v) is 14.4. The first kappa shape index (κ1) is 21.4. The lowest BCUT2D eigenvalue weighted by atomic mass is 10.1. The molecule has 3 heteroatoms. The highest BCUT2D eigenvalue weighted by molar-refractivity contribution is 5.66. The molecular formula is C20H32O3. The van der Waals surface area contributed by atoms with E-state index in [1.807, 2.05) is 24.3 Å². The largest absolute Gasteiger partial charge is 0.481 e. The number of allylic oxidation sites excluding steroid dienone is 7. The fourth-order valence-corrected chi connectivity index (χ4v) is 1.98. The molecule has 0 aromatic carbocycles. The number of unbranched alkanes of at least 4 members (excludes halogenated alkanes) is 3. The van der Waals surface area contributed by atoms with E-state index in [1.54, 1.807) is 0 Å². The number of hydrogen-bond donors (Lipinski definition) is 2. The summed E-state index contributed by atoms with van der Waals surface area (Å²) >= 11 is 0. The van der Waals surface area contributed by atoms with Crippen molar-refractivity contribution in [2.24, 2.45) is 0 Å². The molecule has 0 aromatic rings. The average molecular weight is 320 g/mol. The van der Waals surface area contributed by atoms with Gasteiger partial charge < -0.3 is 10.2 Å². The normalized spacial score (nSPS) is 13.8. The van der Waals surface area contributed by atoms with Crippen LogP contribution in [0, 0.1) is 0 Å². The van der Waals surface area contributed by atoms with Crippen LogP contribution in [0.3, 0.4) is 0 Å². The van der Waals surface area contributed by atoms with Gasteiger partial charge in [0.15, 0.2) is 0 Å². The van der Waals surface area contributed by atoms with Gasteiger partial charge in [0.25, 0.3) is 0 Å². The summed E-state index contributed by atoms with van der Waals surface area (Å²) in [6.45, 7) is 2.16. The van der Waals surface area contributed by atoms with Gasteiger partial charge in [-0.1, -0.05) is 74.8 Å². The second-order valence-electron chi connectivity index (χ2n) is 5.58. The number of rotatable bonds is 14. The van der Waals surface area contributed by atoms with E-state index >= 15 is 0 Å². The number of aliphatic hydroxyl groups excluding tert-OH is 1. The fraction of sp³-hybridized carbons (Fsp3) is 0.550. The van der Waals surface area contributed by atoms with Gasteiger partial charge >= 0.3 is 5.97 Å². The third kappa shape index (κ3) is 18.3. The molecule has 0 radical (unpaired) electrons. The van der Waals surface area contributed by atoms with Crippen LogP contribution in [-0.4, -0.2) is 22.3 Å². The Balaban J connectivity index is 3.57. The van der Waals surface area contributed by atoms with Gasteiger partial charge in [-0.2, -0.15) is 0 Å². The monoisotopic (exact) mass is 320 g/mol. The molecular weight excluding hydrogens is 288 g/mol. The van der Waals surface area contributed by atoms with E-state index in [0.29, 0.717) is 6.42 Å². The number of aliphatic hydroxyl groups is 1. The summed E-state index contributed by atoms with van der Waals surface area (Å²) in [5.41, 5.74) is 0. The molecule has 1 atom stereocenters. The van der Waals surface area contributed by atoms with Gasteiger partial charge in [0.2, 0.25) is 0 Å². The zero-order valence-electron chi connectivity index (χ0n) is 14.4. The number of carbonyl (C=O) groups is 1. The highest BCUT2D eigenvalue weighted by Crippen LogP contribution is 2.04. The minimum absolute atomic E-state index is 0.242. The molecule has 0 heterocycles. The van der Waals surface area contributed by atoms with Crippen molar-refractivity contribution in [3.8, 4) is 0 Å². The molecule has 23 heavy (non-hydrogen) atoms. The van der Waals surface area contributed by atoms with Crippen LogP contribution in [0.5, 0.6) is 0 Å². The summed E-state index contributed by atoms with van der Waals surface area (Å²) in [7, 11) is 0. The molecule has 0 aliphatic rings. The fourth-order valence-electron chi connectivity index (χ4n) is 1.98. The van der Waals surface area contributed by atoms with Gasteiger partial charge in [0, 0.05) is 6.42 Å². The predicted octanol–water partition coefficient (Wildman–Crippen LogP) is 5.19. The minimum atomic E-state index is -0.729. The minimum Gasteiger partial charge on any atom is -0.481 e. The molecule has 0 spiro atoms. The molecule has 0 unspecified atom stereocenters. The Bertz CT molecular complexity index is 392. The third-order valence-electron chi connectivity index (χ3n) is 3.32. The topological polar surface area (TPSA) is 57.5 Å². The molecule has 0 aliphatic heterocycles. The molecule has 0 rings (SSSR count). The molecule has 3 nitrogen and oxygen atoms in total. The molecule has 0 saturated heterocycles. The Labute approximate surface area is 141 Å². The van der Waals surface area contributed by atoms with Crippen LogP contribution in [-0.2, 0) is 4.79 Å². The third-order valence-corrected chi connectivity index (χ3v) is 3.32. The van der Waals surface area contributed by atoms with Crippen LogP contribution in [0.4, 0.5) is 0 Å². The Morgan fingerprint density at radius 1 is 0.957 bits per heavy atom. The van der Waals surface area contributed by atoms with Crippen molar-refractivity contribution in [1.82, 2.24) is 0 Å². The van der Waals surface area contributed by atoms with Crippen molar-refractivity contribution in [3.63, 3.8) is 0 Å². The van der Waals surface area contributed by atoms with Crippen LogP contribution in [0.1, 0.15) is 64.7 Å². The molecule has 2 N–H and O–H groups in total. The Kier molecular flexibility index (Phi) is 15.6. The van der Waals surface area contributed by atoms with Crippen molar-refractivity contribution in [3.05, 3.63) is 48.6 Å². The number of hydrogen-bond acceptors (Lipinski definition) is 2. The van der Waals surface area contributed by atoms with E-state index in [-0.39, 0.29) is 12.5 Å². The second kappa shape index (κ2) is 16.8. The Morgan fingerprint density at radius 3 is 2.35 bits per heavy atom. The molecule has 0 saturated carbocycles. The molecule has 0 aromatic heterocycles. The highest BCUT2D eigenvalue weighted by atomic mass is 16.4. The first-order valence-corrected chi connectivity index (χ1v) is 8.70. The van der Waals surface area contributed by atoms with Crippen molar-refractivity contribution < 1.29 is 15.0 Å². The lowest BCUT2D eigenvalue weighted by molar-refractivity contribution is -0.137. The first-order chi connectivity index (χ1) is 11.2. The molecule has 0 bridgehead atoms. The number of carboxylic acids is 1. The van der Waals surface area contributed by atoms with E-state index in [9.17, 15) is 9.90 Å². The SMILES string of the molecule is CCCCC[C@@H](O)/C=C/C=C/C/C=C/C/C=C\CCCC(=O)O. The summed E-state index contributed by atoms with van der Waals surface area (Å²) in [6.07, 6.45) is 23.6. The first-order valence-electron chi connectivity index (χ1n) is 8.70. The second-order valence-corrected chi connectivity index (χ2v) is 5.58. The lowest BCUT2D eigenvalue weighted by Crippen LogP contribution is -2.00. The summed E-state index contributed by atoms with van der Waals surface area (Å²) in [5.74, 6) is -0.729. The number of aliphatic carboxylic acids is 1. The van der Waals surface area contributed by atoms with Crippen LogP contribution >= 0.6 is 0 Å². The summed E-state index contributed by atoms with van der Waals surface area (Å²) in [5, 5.41) is 18.2. The van der Waals surface area contributed by atoms with Gasteiger partial charge in [0.1, 0.15) is 0 Å². The summed E-state index contributed by atoms with van der Waals surface area (Å²) in [4.78, 5) is 10.3. The lowest BCUT2D eigenvalue weighted by Gasteiger charge is -2.02. The van der Waals surface area contributed by atoms with Gasteiger partial charge in [-0.05, 0) is 32.1 Å². The maximum atomic E-state index is 10.3. The highest BCUT2D eigenvalue weighted by Gasteiger charge is 1.96. The molecule has 0 amide bonds.